The number of benzene rings is 1. The number of carboxylic acids is 1. The van der Waals surface area contributed by atoms with Gasteiger partial charge in [0.1, 0.15) is 11.6 Å². The molecule has 0 aromatic heterocycles. The Labute approximate surface area is 143 Å². The van der Waals surface area contributed by atoms with Crippen LogP contribution in [0.4, 0.5) is 8.78 Å². The highest BCUT2D eigenvalue weighted by atomic mass is 19.1. The van der Waals surface area contributed by atoms with Crippen LogP contribution in [-0.2, 0) is 14.4 Å². The smallest absolute Gasteiger partial charge is 0.308 e. The maximum Gasteiger partial charge on any atom is 0.308 e. The molecule has 136 valence electrons. The lowest BCUT2D eigenvalue weighted by Crippen LogP contribution is -2.35. The third kappa shape index (κ3) is 4.52. The van der Waals surface area contributed by atoms with Gasteiger partial charge in [-0.05, 0) is 12.0 Å². The predicted octanol–water partition coefficient (Wildman–Crippen LogP) is 1.71. The number of carbonyl (C=O) groups is 3. The second kappa shape index (κ2) is 7.58. The number of nitrogens with zero attached hydrogens (tertiary/aromatic N) is 1. The molecular weight excluding hydrogens is 334 g/mol. The Morgan fingerprint density at radius 3 is 2.52 bits per heavy atom. The third-order valence-corrected chi connectivity index (χ3v) is 4.38. The molecule has 0 radical (unpaired) electrons. The van der Waals surface area contributed by atoms with Crippen LogP contribution in [0.5, 0.6) is 0 Å². The zero-order chi connectivity index (χ0) is 18.7. The Morgan fingerprint density at radius 2 is 2.00 bits per heavy atom. The first kappa shape index (κ1) is 18.8. The minimum absolute atomic E-state index is 0.00646. The van der Waals surface area contributed by atoms with Gasteiger partial charge in [0.15, 0.2) is 0 Å². The first-order chi connectivity index (χ1) is 11.7. The molecule has 8 heteroatoms. The fraction of sp³-hybridized carbons (Fsp3) is 0.471. The predicted molar refractivity (Wildman–Crippen MR) is 84.4 cm³/mol. The van der Waals surface area contributed by atoms with E-state index in [0.29, 0.717) is 6.07 Å². The minimum Gasteiger partial charge on any atom is -0.481 e. The average Bonchev–Trinajstić information content (AvgIpc) is 2.88. The van der Waals surface area contributed by atoms with Crippen LogP contribution < -0.4 is 5.32 Å². The van der Waals surface area contributed by atoms with Gasteiger partial charge in [-0.15, -0.1) is 0 Å². The third-order valence-electron chi connectivity index (χ3n) is 4.38. The van der Waals surface area contributed by atoms with Gasteiger partial charge in [-0.3, -0.25) is 14.4 Å². The summed E-state index contributed by atoms with van der Waals surface area (Å²) in [5.41, 5.74) is 0.00646. The number of amides is 2. The van der Waals surface area contributed by atoms with Gasteiger partial charge in [-0.2, -0.15) is 0 Å². The van der Waals surface area contributed by atoms with E-state index in [1.165, 1.54) is 17.9 Å². The van der Waals surface area contributed by atoms with E-state index in [1.807, 2.05) is 0 Å². The van der Waals surface area contributed by atoms with E-state index in [2.05, 4.69) is 5.32 Å². The highest BCUT2D eigenvalue weighted by molar-refractivity contribution is 5.81. The maximum atomic E-state index is 14.0. The van der Waals surface area contributed by atoms with Crippen molar-refractivity contribution in [3.05, 3.63) is 35.4 Å². The van der Waals surface area contributed by atoms with E-state index < -0.39 is 41.4 Å². The Balaban J connectivity index is 2.16. The van der Waals surface area contributed by atoms with Crippen molar-refractivity contribution in [3.63, 3.8) is 0 Å². The number of aliphatic carboxylic acids is 1. The normalized spacial score (nSPS) is 21.0. The molecule has 1 saturated heterocycles. The van der Waals surface area contributed by atoms with E-state index in [4.69, 9.17) is 5.11 Å². The molecule has 2 rings (SSSR count). The minimum atomic E-state index is -0.967. The van der Waals surface area contributed by atoms with Crippen molar-refractivity contribution in [2.24, 2.45) is 11.8 Å². The molecule has 0 aliphatic carbocycles. The standard InChI is InChI=1S/C17H20F2N2O4/c1-9-7-21(8-13(9)17(24)25)16(23)6-15(20-10(2)22)12-4-3-11(18)5-14(12)19/h3-5,9,13,15H,6-8H2,1-2H3,(H,20,22)(H,24,25)/t9-,13-,15?/m1/s1. The van der Waals surface area contributed by atoms with Crippen molar-refractivity contribution >= 4 is 17.8 Å². The fourth-order valence-corrected chi connectivity index (χ4v) is 3.06. The molecule has 0 bridgehead atoms. The summed E-state index contributed by atoms with van der Waals surface area (Å²) < 4.78 is 27.1. The quantitative estimate of drug-likeness (QED) is 0.843. The van der Waals surface area contributed by atoms with E-state index in [-0.39, 0.29) is 31.0 Å². The SMILES string of the molecule is CC(=O)NC(CC(=O)N1C[C@@H](C)[C@H](C(=O)O)C1)c1ccc(F)cc1F. The second-order valence-electron chi connectivity index (χ2n) is 6.34. The number of halogens is 2. The van der Waals surface area contributed by atoms with Gasteiger partial charge in [0.25, 0.3) is 0 Å². The first-order valence-corrected chi connectivity index (χ1v) is 7.91. The monoisotopic (exact) mass is 354 g/mol. The van der Waals surface area contributed by atoms with Gasteiger partial charge in [0, 0.05) is 31.6 Å². The van der Waals surface area contributed by atoms with Crippen molar-refractivity contribution in [1.29, 1.82) is 0 Å². The number of likely N-dealkylation sites (tertiary alicyclic amines) is 1. The van der Waals surface area contributed by atoms with Crippen LogP contribution in [0.1, 0.15) is 31.9 Å². The van der Waals surface area contributed by atoms with Gasteiger partial charge in [-0.1, -0.05) is 13.0 Å². The molecule has 3 atom stereocenters. The Morgan fingerprint density at radius 1 is 1.32 bits per heavy atom. The molecule has 1 aliphatic heterocycles. The van der Waals surface area contributed by atoms with Crippen molar-refractivity contribution in [3.8, 4) is 0 Å². The lowest BCUT2D eigenvalue weighted by atomic mass is 9.99. The van der Waals surface area contributed by atoms with E-state index in [1.54, 1.807) is 6.92 Å². The molecule has 2 amide bonds. The van der Waals surface area contributed by atoms with Crippen LogP contribution in [0, 0.1) is 23.5 Å². The molecule has 6 nitrogen and oxygen atoms in total. The molecular formula is C17H20F2N2O4. The lowest BCUT2D eigenvalue weighted by molar-refractivity contribution is -0.142. The summed E-state index contributed by atoms with van der Waals surface area (Å²) in [6, 6.07) is 1.97. The summed E-state index contributed by atoms with van der Waals surface area (Å²) in [5, 5.41) is 11.6. The molecule has 0 spiro atoms. The van der Waals surface area contributed by atoms with E-state index >= 15 is 0 Å². The molecule has 1 unspecified atom stereocenters. The lowest BCUT2D eigenvalue weighted by Gasteiger charge is -2.22. The van der Waals surface area contributed by atoms with Crippen LogP contribution in [0.25, 0.3) is 0 Å². The van der Waals surface area contributed by atoms with Crippen molar-refractivity contribution in [2.75, 3.05) is 13.1 Å². The number of carboxylic acid groups (broad SMARTS) is 1. The summed E-state index contributed by atoms with van der Waals surface area (Å²) in [7, 11) is 0. The number of carbonyl (C=O) groups excluding carboxylic acids is 2. The second-order valence-corrected chi connectivity index (χ2v) is 6.34. The molecule has 2 N–H and O–H groups in total. The number of hydrogen-bond acceptors (Lipinski definition) is 3. The van der Waals surface area contributed by atoms with Crippen LogP contribution in [-0.4, -0.2) is 40.9 Å². The molecule has 1 aromatic rings. The van der Waals surface area contributed by atoms with Crippen LogP contribution >= 0.6 is 0 Å². The Hall–Kier alpha value is -2.51. The zero-order valence-corrected chi connectivity index (χ0v) is 14.0. The molecule has 0 saturated carbocycles. The van der Waals surface area contributed by atoms with Crippen molar-refractivity contribution in [2.45, 2.75) is 26.3 Å². The zero-order valence-electron chi connectivity index (χ0n) is 14.0. The van der Waals surface area contributed by atoms with Gasteiger partial charge < -0.3 is 15.3 Å². The fourth-order valence-electron chi connectivity index (χ4n) is 3.06. The van der Waals surface area contributed by atoms with E-state index in [9.17, 15) is 23.2 Å². The van der Waals surface area contributed by atoms with Gasteiger partial charge in [0.2, 0.25) is 11.8 Å². The highest BCUT2D eigenvalue weighted by Crippen LogP contribution is 2.27. The van der Waals surface area contributed by atoms with Crippen LogP contribution in [0.15, 0.2) is 18.2 Å². The summed E-state index contributed by atoms with van der Waals surface area (Å²) in [6.07, 6.45) is -0.235. The molecule has 1 heterocycles. The van der Waals surface area contributed by atoms with Crippen molar-refractivity contribution in [1.82, 2.24) is 10.2 Å². The molecule has 1 aromatic carbocycles. The Kier molecular flexibility index (Phi) is 5.71. The molecule has 25 heavy (non-hydrogen) atoms. The van der Waals surface area contributed by atoms with E-state index in [0.717, 1.165) is 6.07 Å². The maximum absolute atomic E-state index is 14.0. The highest BCUT2D eigenvalue weighted by Gasteiger charge is 2.37. The average molecular weight is 354 g/mol. The number of hydrogen-bond donors (Lipinski definition) is 2. The van der Waals surface area contributed by atoms with Crippen molar-refractivity contribution < 1.29 is 28.3 Å². The summed E-state index contributed by atoms with van der Waals surface area (Å²) in [5.74, 6) is -4.27. The number of rotatable bonds is 5. The Bertz CT molecular complexity index is 695. The summed E-state index contributed by atoms with van der Waals surface area (Å²) >= 11 is 0. The summed E-state index contributed by atoms with van der Waals surface area (Å²) in [6.45, 7) is 3.34. The largest absolute Gasteiger partial charge is 0.481 e. The van der Waals surface area contributed by atoms with Crippen LogP contribution in [0.2, 0.25) is 0 Å². The first-order valence-electron chi connectivity index (χ1n) is 7.91. The molecule has 1 fully saturated rings. The molecule has 1 aliphatic rings. The van der Waals surface area contributed by atoms with Gasteiger partial charge >= 0.3 is 5.97 Å². The van der Waals surface area contributed by atoms with Gasteiger partial charge in [0.05, 0.1) is 18.4 Å². The van der Waals surface area contributed by atoms with Crippen LogP contribution in [0.3, 0.4) is 0 Å². The summed E-state index contributed by atoms with van der Waals surface area (Å²) in [4.78, 5) is 36.4. The van der Waals surface area contributed by atoms with Gasteiger partial charge in [-0.25, -0.2) is 8.78 Å². The number of nitrogens with one attached hydrogen (secondary N) is 1. The topological polar surface area (TPSA) is 86.7 Å².